The zero-order valence-corrected chi connectivity index (χ0v) is 19.4. The van der Waals surface area contributed by atoms with E-state index >= 15 is 0 Å². The summed E-state index contributed by atoms with van der Waals surface area (Å²) in [6.07, 6.45) is 0.260. The van der Waals surface area contributed by atoms with Crippen molar-refractivity contribution in [3.63, 3.8) is 0 Å². The number of rotatable bonds is 6. The van der Waals surface area contributed by atoms with Gasteiger partial charge in [-0.1, -0.05) is 47.2 Å². The van der Waals surface area contributed by atoms with Crippen LogP contribution in [0.15, 0.2) is 53.4 Å². The molecular weight excluding hydrogens is 472 g/mol. The van der Waals surface area contributed by atoms with E-state index in [1.165, 1.54) is 12.1 Å². The van der Waals surface area contributed by atoms with Gasteiger partial charge in [-0.15, -0.1) is 10.2 Å². The second-order valence-electron chi connectivity index (χ2n) is 7.40. The summed E-state index contributed by atoms with van der Waals surface area (Å²) < 4.78 is 24.7. The molecule has 32 heavy (non-hydrogen) atoms. The van der Waals surface area contributed by atoms with Crippen LogP contribution in [-0.4, -0.2) is 42.7 Å². The number of amides is 2. The molecule has 4 rings (SSSR count). The molecule has 3 aromatic rings. The predicted molar refractivity (Wildman–Crippen MR) is 123 cm³/mol. The van der Waals surface area contributed by atoms with E-state index in [1.54, 1.807) is 29.2 Å². The van der Waals surface area contributed by atoms with Crippen LogP contribution in [0, 0.1) is 6.92 Å². The summed E-state index contributed by atoms with van der Waals surface area (Å²) in [4.78, 5) is 26.5. The second kappa shape index (κ2) is 8.97. The van der Waals surface area contributed by atoms with Crippen LogP contribution in [0.25, 0.3) is 0 Å². The lowest BCUT2D eigenvalue weighted by Gasteiger charge is -2.17. The summed E-state index contributed by atoms with van der Waals surface area (Å²) in [5, 5.41) is 11.9. The summed E-state index contributed by atoms with van der Waals surface area (Å²) in [6, 6.07) is 13.2. The minimum atomic E-state index is -3.76. The van der Waals surface area contributed by atoms with Crippen molar-refractivity contribution < 1.29 is 18.0 Å². The molecular formula is C21H19ClN4O4S2. The molecule has 2 heterocycles. The number of halogens is 1. The minimum absolute atomic E-state index is 0.0512. The lowest BCUT2D eigenvalue weighted by Crippen LogP contribution is -2.24. The fourth-order valence-corrected chi connectivity index (χ4v) is 5.54. The predicted octanol–water partition coefficient (Wildman–Crippen LogP) is 3.43. The summed E-state index contributed by atoms with van der Waals surface area (Å²) in [7, 11) is -3.76. The topological polar surface area (TPSA) is 109 Å². The third kappa shape index (κ3) is 4.82. The number of carbonyl (C=O) groups excluding carboxylic acids is 2. The lowest BCUT2D eigenvalue weighted by atomic mass is 10.1. The van der Waals surface area contributed by atoms with Gasteiger partial charge in [0.1, 0.15) is 10.8 Å². The van der Waals surface area contributed by atoms with Crippen molar-refractivity contribution >= 4 is 55.4 Å². The molecule has 0 radical (unpaired) electrons. The van der Waals surface area contributed by atoms with Gasteiger partial charge in [-0.25, -0.2) is 8.42 Å². The van der Waals surface area contributed by atoms with Gasteiger partial charge in [0.15, 0.2) is 9.84 Å². The summed E-state index contributed by atoms with van der Waals surface area (Å²) in [6.45, 7) is 2.31. The highest BCUT2D eigenvalue weighted by atomic mass is 35.5. The van der Waals surface area contributed by atoms with Crippen LogP contribution in [0.5, 0.6) is 0 Å². The van der Waals surface area contributed by atoms with Gasteiger partial charge in [0.25, 0.3) is 0 Å². The monoisotopic (exact) mass is 490 g/mol. The highest BCUT2D eigenvalue weighted by molar-refractivity contribution is 7.92. The largest absolute Gasteiger partial charge is 0.312 e. The minimum Gasteiger partial charge on any atom is -0.312 e. The van der Waals surface area contributed by atoms with Crippen molar-refractivity contribution in [2.24, 2.45) is 0 Å². The molecule has 2 aromatic carbocycles. The SMILES string of the molecule is Cc1ccc(N2C[C@H](c3nnc(NC(=O)CS(=O)(=O)c4ccccc4)s3)CC2=O)cc1Cl. The molecule has 0 saturated carbocycles. The van der Waals surface area contributed by atoms with Crippen LogP contribution >= 0.6 is 22.9 Å². The van der Waals surface area contributed by atoms with Gasteiger partial charge in [-0.05, 0) is 36.8 Å². The Balaban J connectivity index is 1.41. The number of benzene rings is 2. The van der Waals surface area contributed by atoms with E-state index in [-0.39, 0.29) is 28.3 Å². The third-order valence-electron chi connectivity index (χ3n) is 5.05. The van der Waals surface area contributed by atoms with Crippen LogP contribution in [-0.2, 0) is 19.4 Å². The van der Waals surface area contributed by atoms with Crippen LogP contribution in [0.3, 0.4) is 0 Å². The number of hydrogen-bond donors (Lipinski definition) is 1. The Bertz CT molecular complexity index is 1280. The number of hydrogen-bond acceptors (Lipinski definition) is 7. The summed E-state index contributed by atoms with van der Waals surface area (Å²) in [5.41, 5.74) is 1.65. The number of aryl methyl sites for hydroxylation is 1. The van der Waals surface area contributed by atoms with E-state index in [1.807, 2.05) is 19.1 Å². The zero-order valence-electron chi connectivity index (χ0n) is 17.0. The van der Waals surface area contributed by atoms with Gasteiger partial charge in [0.05, 0.1) is 4.90 Å². The maximum absolute atomic E-state index is 12.5. The summed E-state index contributed by atoms with van der Waals surface area (Å²) >= 11 is 7.32. The van der Waals surface area contributed by atoms with Crippen LogP contribution < -0.4 is 10.2 Å². The molecule has 1 aliphatic rings. The average Bonchev–Trinajstić information content (AvgIpc) is 3.37. The Hall–Kier alpha value is -2.82. The first kappa shape index (κ1) is 22.4. The number of carbonyl (C=O) groups is 2. The van der Waals surface area contributed by atoms with Crippen molar-refractivity contribution in [3.05, 3.63) is 64.1 Å². The number of aromatic nitrogens is 2. The molecule has 1 aromatic heterocycles. The quantitative estimate of drug-likeness (QED) is 0.567. The molecule has 1 N–H and O–H groups in total. The third-order valence-corrected chi connectivity index (χ3v) is 8.09. The van der Waals surface area contributed by atoms with Crippen molar-refractivity contribution in [3.8, 4) is 0 Å². The molecule has 0 bridgehead atoms. The molecule has 8 nitrogen and oxygen atoms in total. The van der Waals surface area contributed by atoms with Crippen LogP contribution in [0.2, 0.25) is 5.02 Å². The summed E-state index contributed by atoms with van der Waals surface area (Å²) in [5.74, 6) is -1.63. The first-order valence-electron chi connectivity index (χ1n) is 9.70. The molecule has 1 saturated heterocycles. The Morgan fingerprint density at radius 2 is 1.97 bits per heavy atom. The molecule has 0 spiro atoms. The standard InChI is InChI=1S/C21H19ClN4O4S2/c1-13-7-8-15(10-17(13)22)26-11-14(9-19(26)28)20-24-25-21(31-20)23-18(27)12-32(29,30)16-5-3-2-4-6-16/h2-8,10,14H,9,11-12H2,1H3,(H,23,25,27)/t14-/m1/s1. The van der Waals surface area contributed by atoms with Gasteiger partial charge in [-0.2, -0.15) is 0 Å². The molecule has 1 fully saturated rings. The zero-order chi connectivity index (χ0) is 22.9. The van der Waals surface area contributed by atoms with E-state index in [4.69, 9.17) is 11.6 Å². The molecule has 166 valence electrons. The van der Waals surface area contributed by atoms with E-state index in [9.17, 15) is 18.0 Å². The smallest absolute Gasteiger partial charge is 0.241 e. The number of sulfone groups is 1. The van der Waals surface area contributed by atoms with Crippen molar-refractivity contribution in [1.29, 1.82) is 0 Å². The van der Waals surface area contributed by atoms with Crippen molar-refractivity contribution in [2.75, 3.05) is 22.5 Å². The second-order valence-corrected chi connectivity index (χ2v) is 10.8. The Kier molecular flexibility index (Phi) is 6.27. The first-order valence-corrected chi connectivity index (χ1v) is 12.5. The van der Waals surface area contributed by atoms with Crippen molar-refractivity contribution in [1.82, 2.24) is 10.2 Å². The highest BCUT2D eigenvalue weighted by Crippen LogP contribution is 2.35. The van der Waals surface area contributed by atoms with E-state index in [0.717, 1.165) is 22.6 Å². The normalized spacial score (nSPS) is 16.4. The molecule has 1 atom stereocenters. The molecule has 0 unspecified atom stereocenters. The molecule has 2 amide bonds. The maximum atomic E-state index is 12.5. The fourth-order valence-electron chi connectivity index (χ4n) is 3.36. The molecule has 11 heteroatoms. The van der Waals surface area contributed by atoms with Gasteiger partial charge in [-0.3, -0.25) is 14.9 Å². The first-order chi connectivity index (χ1) is 15.2. The molecule has 0 aliphatic carbocycles. The maximum Gasteiger partial charge on any atom is 0.241 e. The Morgan fingerprint density at radius 3 is 2.69 bits per heavy atom. The van der Waals surface area contributed by atoms with E-state index in [2.05, 4.69) is 15.5 Å². The van der Waals surface area contributed by atoms with Gasteiger partial charge in [0, 0.05) is 29.6 Å². The Morgan fingerprint density at radius 1 is 1.22 bits per heavy atom. The van der Waals surface area contributed by atoms with Gasteiger partial charge >= 0.3 is 0 Å². The average molecular weight is 491 g/mol. The van der Waals surface area contributed by atoms with Crippen LogP contribution in [0.1, 0.15) is 22.9 Å². The molecule has 1 aliphatic heterocycles. The Labute approximate surface area is 194 Å². The van der Waals surface area contributed by atoms with Gasteiger partial charge < -0.3 is 4.90 Å². The van der Waals surface area contributed by atoms with E-state index in [0.29, 0.717) is 16.6 Å². The lowest BCUT2D eigenvalue weighted by molar-refractivity contribution is -0.117. The van der Waals surface area contributed by atoms with E-state index < -0.39 is 21.5 Å². The highest BCUT2D eigenvalue weighted by Gasteiger charge is 2.34. The number of nitrogens with one attached hydrogen (secondary N) is 1. The number of anilines is 2. The van der Waals surface area contributed by atoms with Crippen molar-refractivity contribution in [2.45, 2.75) is 24.2 Å². The van der Waals surface area contributed by atoms with Gasteiger partial charge in [0.2, 0.25) is 16.9 Å². The van der Waals surface area contributed by atoms with Crippen LogP contribution in [0.4, 0.5) is 10.8 Å². The number of nitrogens with zero attached hydrogens (tertiary/aromatic N) is 3. The fraction of sp³-hybridized carbons (Fsp3) is 0.238.